The lowest BCUT2D eigenvalue weighted by atomic mass is 10.2. The molecule has 0 radical (unpaired) electrons. The van der Waals surface area contributed by atoms with Gasteiger partial charge in [0.2, 0.25) is 0 Å². The molecule has 1 fully saturated rings. The molecule has 0 bridgehead atoms. The molecule has 1 aromatic heterocycles. The fourth-order valence-corrected chi connectivity index (χ4v) is 2.74. The Morgan fingerprint density at radius 1 is 1.42 bits per heavy atom. The molecule has 2 aromatic rings. The van der Waals surface area contributed by atoms with E-state index in [9.17, 15) is 9.90 Å². The van der Waals surface area contributed by atoms with Crippen molar-refractivity contribution in [2.24, 2.45) is 0 Å². The van der Waals surface area contributed by atoms with Crippen molar-refractivity contribution in [3.8, 4) is 0 Å². The first-order valence-electron chi connectivity index (χ1n) is 6.02. The molecule has 2 heterocycles. The van der Waals surface area contributed by atoms with Crippen molar-refractivity contribution in [2.75, 3.05) is 6.54 Å². The van der Waals surface area contributed by atoms with Gasteiger partial charge in [-0.05, 0) is 37.2 Å². The summed E-state index contributed by atoms with van der Waals surface area (Å²) in [5.41, 5.74) is 1.54. The second-order valence-corrected chi connectivity index (χ2v) is 4.83. The van der Waals surface area contributed by atoms with Crippen molar-refractivity contribution in [3.63, 3.8) is 0 Å². The first-order chi connectivity index (χ1) is 9.18. The molecule has 7 heteroatoms. The van der Waals surface area contributed by atoms with E-state index in [4.69, 9.17) is 12.2 Å². The molecular formula is C12H12N4O2S. The topological polar surface area (TPSA) is 71.2 Å². The van der Waals surface area contributed by atoms with Crippen molar-refractivity contribution in [1.29, 1.82) is 0 Å². The van der Waals surface area contributed by atoms with Crippen LogP contribution in [0.5, 0.6) is 0 Å². The van der Waals surface area contributed by atoms with E-state index in [1.165, 1.54) is 4.68 Å². The van der Waals surface area contributed by atoms with Crippen molar-refractivity contribution >= 4 is 34.3 Å². The van der Waals surface area contributed by atoms with Crippen LogP contribution < -0.4 is 0 Å². The third-order valence-corrected chi connectivity index (χ3v) is 3.72. The fourth-order valence-electron chi connectivity index (χ4n) is 2.38. The second kappa shape index (κ2) is 4.58. The van der Waals surface area contributed by atoms with Gasteiger partial charge in [-0.3, -0.25) is 0 Å². The van der Waals surface area contributed by atoms with Gasteiger partial charge < -0.3 is 10.0 Å². The van der Waals surface area contributed by atoms with E-state index in [1.807, 2.05) is 24.3 Å². The van der Waals surface area contributed by atoms with Crippen LogP contribution in [-0.4, -0.2) is 48.7 Å². The minimum Gasteiger partial charge on any atom is -0.480 e. The lowest BCUT2D eigenvalue weighted by molar-refractivity contribution is -0.140. The number of benzene rings is 1. The molecule has 98 valence electrons. The number of rotatable bonds is 1. The Bertz CT molecular complexity index is 654. The van der Waals surface area contributed by atoms with Crippen LogP contribution >= 0.6 is 12.2 Å². The Morgan fingerprint density at radius 2 is 2.21 bits per heavy atom. The molecule has 0 spiro atoms. The highest BCUT2D eigenvalue weighted by atomic mass is 32.1. The predicted octanol–water partition coefficient (Wildman–Crippen LogP) is 1.11. The standard InChI is InChI=1S/C12H12N4O2S/c17-11(18)10-6-3-7-15(10)12(19)16-9-5-2-1-4-8(9)13-14-16/h1-2,4-5,10H,3,6-7H2,(H,17,18)/t10-/m0/s1. The molecule has 0 unspecified atom stereocenters. The molecule has 1 aromatic carbocycles. The number of aromatic nitrogens is 3. The lowest BCUT2D eigenvalue weighted by Crippen LogP contribution is -2.42. The Labute approximate surface area is 114 Å². The lowest BCUT2D eigenvalue weighted by Gasteiger charge is -2.23. The highest BCUT2D eigenvalue weighted by Crippen LogP contribution is 2.20. The molecule has 3 rings (SSSR count). The zero-order chi connectivity index (χ0) is 13.4. The van der Waals surface area contributed by atoms with Gasteiger partial charge in [-0.1, -0.05) is 17.3 Å². The molecule has 1 N–H and O–H groups in total. The number of aliphatic carboxylic acids is 1. The zero-order valence-corrected chi connectivity index (χ0v) is 10.9. The molecule has 6 nitrogen and oxygen atoms in total. The monoisotopic (exact) mass is 276 g/mol. The van der Waals surface area contributed by atoms with Crippen LogP contribution in [-0.2, 0) is 4.79 Å². The molecule has 1 aliphatic heterocycles. The average molecular weight is 276 g/mol. The molecule has 1 atom stereocenters. The van der Waals surface area contributed by atoms with Crippen molar-refractivity contribution in [2.45, 2.75) is 18.9 Å². The Kier molecular flexibility index (Phi) is 2.90. The normalized spacial score (nSPS) is 18.9. The van der Waals surface area contributed by atoms with E-state index in [1.54, 1.807) is 4.90 Å². The Morgan fingerprint density at radius 3 is 3.00 bits per heavy atom. The van der Waals surface area contributed by atoms with Crippen LogP contribution in [0.25, 0.3) is 11.0 Å². The number of nitrogens with zero attached hydrogens (tertiary/aromatic N) is 4. The third kappa shape index (κ3) is 1.95. The number of hydrogen-bond donors (Lipinski definition) is 1. The Balaban J connectivity index is 1.98. The summed E-state index contributed by atoms with van der Waals surface area (Å²) in [7, 11) is 0. The summed E-state index contributed by atoms with van der Waals surface area (Å²) in [6, 6.07) is 6.91. The number of para-hydroxylation sites is 1. The number of carbonyl (C=O) groups is 1. The first-order valence-corrected chi connectivity index (χ1v) is 6.43. The molecular weight excluding hydrogens is 264 g/mol. The molecule has 1 aliphatic rings. The van der Waals surface area contributed by atoms with E-state index >= 15 is 0 Å². The number of hydrogen-bond acceptors (Lipinski definition) is 4. The van der Waals surface area contributed by atoms with Gasteiger partial charge in [0.05, 0.1) is 5.52 Å². The van der Waals surface area contributed by atoms with Crippen LogP contribution in [0.2, 0.25) is 0 Å². The number of likely N-dealkylation sites (tertiary alicyclic amines) is 1. The maximum absolute atomic E-state index is 11.2. The fraction of sp³-hybridized carbons (Fsp3) is 0.333. The van der Waals surface area contributed by atoms with Crippen molar-refractivity contribution in [1.82, 2.24) is 19.9 Å². The van der Waals surface area contributed by atoms with Crippen LogP contribution in [0.15, 0.2) is 24.3 Å². The largest absolute Gasteiger partial charge is 0.480 e. The summed E-state index contributed by atoms with van der Waals surface area (Å²) < 4.78 is 1.53. The van der Waals surface area contributed by atoms with Gasteiger partial charge in [-0.25, -0.2) is 4.79 Å². The highest BCUT2D eigenvalue weighted by molar-refractivity contribution is 7.80. The van der Waals surface area contributed by atoms with Gasteiger partial charge in [-0.2, -0.15) is 4.68 Å². The summed E-state index contributed by atoms with van der Waals surface area (Å²) in [6.45, 7) is 0.643. The number of thiocarbonyl (C=S) groups is 1. The van der Waals surface area contributed by atoms with E-state index in [0.29, 0.717) is 18.1 Å². The van der Waals surface area contributed by atoms with Gasteiger partial charge in [0.15, 0.2) is 5.11 Å². The summed E-state index contributed by atoms with van der Waals surface area (Å²) in [5.74, 6) is -0.843. The molecule has 0 amide bonds. The summed E-state index contributed by atoms with van der Waals surface area (Å²) in [4.78, 5) is 12.9. The first kappa shape index (κ1) is 12.0. The third-order valence-electron chi connectivity index (χ3n) is 3.32. The number of carboxylic acids is 1. The molecule has 19 heavy (non-hydrogen) atoms. The van der Waals surface area contributed by atoms with Gasteiger partial charge in [-0.15, -0.1) is 5.10 Å². The second-order valence-electron chi connectivity index (χ2n) is 4.46. The maximum atomic E-state index is 11.2. The number of carboxylic acid groups (broad SMARTS) is 1. The average Bonchev–Trinajstić information content (AvgIpc) is 3.05. The smallest absolute Gasteiger partial charge is 0.326 e. The van der Waals surface area contributed by atoms with Gasteiger partial charge in [0.25, 0.3) is 0 Å². The van der Waals surface area contributed by atoms with Gasteiger partial charge in [0.1, 0.15) is 11.6 Å². The van der Waals surface area contributed by atoms with E-state index in [2.05, 4.69) is 10.3 Å². The van der Waals surface area contributed by atoms with E-state index in [-0.39, 0.29) is 0 Å². The molecule has 1 saturated heterocycles. The highest BCUT2D eigenvalue weighted by Gasteiger charge is 2.33. The predicted molar refractivity (Wildman–Crippen MR) is 72.9 cm³/mol. The van der Waals surface area contributed by atoms with E-state index in [0.717, 1.165) is 17.5 Å². The number of fused-ring (bicyclic) bond motifs is 1. The summed E-state index contributed by atoms with van der Waals surface area (Å²) in [5, 5.41) is 17.7. The minimum atomic E-state index is -0.843. The van der Waals surface area contributed by atoms with Gasteiger partial charge >= 0.3 is 5.97 Å². The Hall–Kier alpha value is -2.02. The van der Waals surface area contributed by atoms with Crippen molar-refractivity contribution in [3.05, 3.63) is 24.3 Å². The molecule has 0 aliphatic carbocycles. The quantitative estimate of drug-likeness (QED) is 0.787. The molecule has 0 saturated carbocycles. The minimum absolute atomic E-state index is 0.401. The summed E-state index contributed by atoms with van der Waals surface area (Å²) in [6.07, 6.45) is 1.44. The zero-order valence-electron chi connectivity index (χ0n) is 10.1. The van der Waals surface area contributed by atoms with Crippen LogP contribution in [0.4, 0.5) is 0 Å². The van der Waals surface area contributed by atoms with E-state index < -0.39 is 12.0 Å². The maximum Gasteiger partial charge on any atom is 0.326 e. The van der Waals surface area contributed by atoms with Crippen LogP contribution in [0.1, 0.15) is 12.8 Å². The van der Waals surface area contributed by atoms with Crippen LogP contribution in [0, 0.1) is 0 Å². The summed E-state index contributed by atoms with van der Waals surface area (Å²) >= 11 is 5.38. The van der Waals surface area contributed by atoms with Crippen molar-refractivity contribution < 1.29 is 9.90 Å². The van der Waals surface area contributed by atoms with Gasteiger partial charge in [0, 0.05) is 6.54 Å². The van der Waals surface area contributed by atoms with Crippen LogP contribution in [0.3, 0.4) is 0 Å². The SMILES string of the molecule is O=C(O)[C@@H]1CCCN1C(=S)n1nnc2ccccc21.